The van der Waals surface area contributed by atoms with Crippen molar-refractivity contribution >= 4 is 11.6 Å². The standard InChI is InChI=1S/C19H20FNO3/c1-3-19(4-2)18(23)21(12-13-6-5-7-14(20)10-13)16-11-15(22)8-9-17(16)24-19/h5-11,22H,3-4,12H2,1-2H3. The summed E-state index contributed by atoms with van der Waals surface area (Å²) in [4.78, 5) is 14.7. The number of hydrogen-bond donors (Lipinski definition) is 1. The molecule has 1 N–H and O–H groups in total. The first-order valence-electron chi connectivity index (χ1n) is 8.07. The molecule has 0 radical (unpaired) electrons. The van der Waals surface area contributed by atoms with Gasteiger partial charge in [0.05, 0.1) is 12.2 Å². The Morgan fingerprint density at radius 3 is 2.58 bits per heavy atom. The quantitative estimate of drug-likeness (QED) is 0.922. The van der Waals surface area contributed by atoms with E-state index >= 15 is 0 Å². The molecule has 0 spiro atoms. The zero-order chi connectivity index (χ0) is 17.3. The van der Waals surface area contributed by atoms with Gasteiger partial charge in [-0.3, -0.25) is 4.79 Å². The van der Waals surface area contributed by atoms with Crippen LogP contribution in [0.5, 0.6) is 11.5 Å². The molecule has 0 saturated carbocycles. The van der Waals surface area contributed by atoms with Crippen LogP contribution in [0.3, 0.4) is 0 Å². The summed E-state index contributed by atoms with van der Waals surface area (Å²) in [5.74, 6) is 0.0823. The summed E-state index contributed by atoms with van der Waals surface area (Å²) in [7, 11) is 0. The first-order chi connectivity index (χ1) is 11.5. The molecule has 1 aliphatic rings. The van der Waals surface area contributed by atoms with E-state index in [1.54, 1.807) is 23.1 Å². The Balaban J connectivity index is 2.07. The van der Waals surface area contributed by atoms with Gasteiger partial charge in [-0.05, 0) is 42.7 Å². The summed E-state index contributed by atoms with van der Waals surface area (Å²) in [6.07, 6.45) is 1.06. The fourth-order valence-corrected chi connectivity index (χ4v) is 3.08. The predicted octanol–water partition coefficient (Wildman–Crippen LogP) is 4.02. The Hall–Kier alpha value is -2.56. The molecule has 24 heavy (non-hydrogen) atoms. The highest BCUT2D eigenvalue weighted by Crippen LogP contribution is 2.42. The number of amides is 1. The molecular formula is C19H20FNO3. The van der Waals surface area contributed by atoms with E-state index in [9.17, 15) is 14.3 Å². The Morgan fingerprint density at radius 1 is 1.17 bits per heavy atom. The van der Waals surface area contributed by atoms with Crippen LogP contribution in [0.4, 0.5) is 10.1 Å². The molecule has 0 aromatic heterocycles. The molecule has 4 nitrogen and oxygen atoms in total. The lowest BCUT2D eigenvalue weighted by Crippen LogP contribution is -2.55. The van der Waals surface area contributed by atoms with Gasteiger partial charge in [0.1, 0.15) is 17.3 Å². The Labute approximate surface area is 140 Å². The average Bonchev–Trinajstić information content (AvgIpc) is 2.58. The number of rotatable bonds is 4. The first-order valence-corrected chi connectivity index (χ1v) is 8.07. The fraction of sp³-hybridized carbons (Fsp3) is 0.316. The molecule has 0 saturated heterocycles. The molecule has 2 aromatic rings. The maximum absolute atomic E-state index is 13.5. The molecule has 0 aliphatic carbocycles. The van der Waals surface area contributed by atoms with Crippen molar-refractivity contribution in [2.75, 3.05) is 4.90 Å². The monoisotopic (exact) mass is 329 g/mol. The van der Waals surface area contributed by atoms with Crippen molar-refractivity contribution in [2.24, 2.45) is 0 Å². The van der Waals surface area contributed by atoms with E-state index < -0.39 is 5.60 Å². The molecule has 1 aliphatic heterocycles. The van der Waals surface area contributed by atoms with Crippen LogP contribution in [0.15, 0.2) is 42.5 Å². The van der Waals surface area contributed by atoms with E-state index in [-0.39, 0.29) is 24.0 Å². The fourth-order valence-electron chi connectivity index (χ4n) is 3.08. The van der Waals surface area contributed by atoms with Crippen LogP contribution >= 0.6 is 0 Å². The van der Waals surface area contributed by atoms with E-state index in [2.05, 4.69) is 0 Å². The van der Waals surface area contributed by atoms with E-state index in [4.69, 9.17) is 4.74 Å². The molecule has 1 heterocycles. The molecule has 1 amide bonds. The molecule has 0 bridgehead atoms. The van der Waals surface area contributed by atoms with Gasteiger partial charge in [0.25, 0.3) is 5.91 Å². The number of nitrogens with zero attached hydrogens (tertiary/aromatic N) is 1. The number of halogens is 1. The smallest absolute Gasteiger partial charge is 0.271 e. The van der Waals surface area contributed by atoms with Crippen LogP contribution in [0.1, 0.15) is 32.3 Å². The summed E-state index contributed by atoms with van der Waals surface area (Å²) in [5, 5.41) is 9.79. The van der Waals surface area contributed by atoms with Crippen LogP contribution < -0.4 is 9.64 Å². The van der Waals surface area contributed by atoms with Crippen LogP contribution in [-0.2, 0) is 11.3 Å². The summed E-state index contributed by atoms with van der Waals surface area (Å²) in [6.45, 7) is 4.04. The Kier molecular flexibility index (Phi) is 4.18. The Bertz CT molecular complexity index is 771. The van der Waals surface area contributed by atoms with Crippen LogP contribution in [-0.4, -0.2) is 16.6 Å². The highest BCUT2D eigenvalue weighted by molar-refractivity contribution is 6.03. The van der Waals surface area contributed by atoms with Gasteiger partial charge in [0.15, 0.2) is 5.60 Å². The molecule has 0 atom stereocenters. The average molecular weight is 329 g/mol. The minimum Gasteiger partial charge on any atom is -0.508 e. The summed E-state index contributed by atoms with van der Waals surface area (Å²) >= 11 is 0. The maximum atomic E-state index is 13.5. The zero-order valence-electron chi connectivity index (χ0n) is 13.8. The van der Waals surface area contributed by atoms with Crippen LogP contribution in [0.2, 0.25) is 0 Å². The van der Waals surface area contributed by atoms with Crippen LogP contribution in [0, 0.1) is 5.82 Å². The second-order valence-electron chi connectivity index (χ2n) is 5.98. The van der Waals surface area contributed by atoms with Gasteiger partial charge >= 0.3 is 0 Å². The van der Waals surface area contributed by atoms with Gasteiger partial charge in [0, 0.05) is 6.07 Å². The number of fused-ring (bicyclic) bond motifs is 1. The number of carbonyl (C=O) groups is 1. The molecule has 2 aromatic carbocycles. The van der Waals surface area contributed by atoms with Crippen molar-refractivity contribution < 1.29 is 19.0 Å². The van der Waals surface area contributed by atoms with Gasteiger partial charge < -0.3 is 14.7 Å². The molecule has 0 fully saturated rings. The van der Waals surface area contributed by atoms with Crippen molar-refractivity contribution in [2.45, 2.75) is 38.8 Å². The van der Waals surface area contributed by atoms with Crippen LogP contribution in [0.25, 0.3) is 0 Å². The van der Waals surface area contributed by atoms with Gasteiger partial charge in [-0.15, -0.1) is 0 Å². The van der Waals surface area contributed by atoms with Crippen molar-refractivity contribution in [1.82, 2.24) is 0 Å². The summed E-state index contributed by atoms with van der Waals surface area (Å²) < 4.78 is 19.5. The summed E-state index contributed by atoms with van der Waals surface area (Å²) in [5.41, 5.74) is 0.250. The predicted molar refractivity (Wildman–Crippen MR) is 89.6 cm³/mol. The normalized spacial score (nSPS) is 15.8. The van der Waals surface area contributed by atoms with Gasteiger partial charge in [-0.1, -0.05) is 26.0 Å². The van der Waals surface area contributed by atoms with Crippen molar-refractivity contribution in [1.29, 1.82) is 0 Å². The molecule has 5 heteroatoms. The molecule has 3 rings (SSSR count). The maximum Gasteiger partial charge on any atom is 0.271 e. The topological polar surface area (TPSA) is 49.8 Å². The number of carbonyl (C=O) groups excluding carboxylic acids is 1. The number of anilines is 1. The number of aromatic hydroxyl groups is 1. The van der Waals surface area contributed by atoms with E-state index in [0.29, 0.717) is 29.8 Å². The van der Waals surface area contributed by atoms with E-state index in [1.165, 1.54) is 24.3 Å². The highest BCUT2D eigenvalue weighted by Gasteiger charge is 2.45. The van der Waals surface area contributed by atoms with Crippen molar-refractivity contribution in [3.05, 3.63) is 53.8 Å². The third kappa shape index (κ3) is 2.70. The number of phenols is 1. The SMILES string of the molecule is CCC1(CC)Oc2ccc(O)cc2N(Cc2cccc(F)c2)C1=O. The lowest BCUT2D eigenvalue weighted by Gasteiger charge is -2.42. The Morgan fingerprint density at radius 2 is 1.92 bits per heavy atom. The lowest BCUT2D eigenvalue weighted by atomic mass is 9.92. The minimum atomic E-state index is -0.933. The third-order valence-electron chi connectivity index (χ3n) is 4.55. The number of phenolic OH excluding ortho intramolecular Hbond substituents is 1. The second kappa shape index (κ2) is 6.15. The van der Waals surface area contributed by atoms with Gasteiger partial charge in [0.2, 0.25) is 0 Å². The van der Waals surface area contributed by atoms with Crippen molar-refractivity contribution in [3.8, 4) is 11.5 Å². The zero-order valence-corrected chi connectivity index (χ0v) is 13.8. The number of benzene rings is 2. The summed E-state index contributed by atoms with van der Waals surface area (Å²) in [6, 6.07) is 10.9. The largest absolute Gasteiger partial charge is 0.508 e. The molecule has 0 unspecified atom stereocenters. The second-order valence-corrected chi connectivity index (χ2v) is 5.98. The van der Waals surface area contributed by atoms with Crippen molar-refractivity contribution in [3.63, 3.8) is 0 Å². The lowest BCUT2D eigenvalue weighted by molar-refractivity contribution is -0.136. The van der Waals surface area contributed by atoms with Gasteiger partial charge in [-0.25, -0.2) is 4.39 Å². The minimum absolute atomic E-state index is 0.0508. The third-order valence-corrected chi connectivity index (χ3v) is 4.55. The number of hydrogen-bond acceptors (Lipinski definition) is 3. The highest BCUT2D eigenvalue weighted by atomic mass is 19.1. The van der Waals surface area contributed by atoms with Gasteiger partial charge in [-0.2, -0.15) is 0 Å². The number of ether oxygens (including phenoxy) is 1. The van der Waals surface area contributed by atoms with E-state index in [0.717, 1.165) is 0 Å². The first kappa shape index (κ1) is 16.3. The molecular weight excluding hydrogens is 309 g/mol. The van der Waals surface area contributed by atoms with E-state index in [1.807, 2.05) is 13.8 Å². The molecule has 126 valence electrons.